The Bertz CT molecular complexity index is 1220. The van der Waals surface area contributed by atoms with Crippen LogP contribution in [-0.4, -0.2) is 49.4 Å². The lowest BCUT2D eigenvalue weighted by molar-refractivity contribution is 0.101. The van der Waals surface area contributed by atoms with E-state index in [2.05, 4.69) is 58.9 Å². The van der Waals surface area contributed by atoms with Gasteiger partial charge in [0.05, 0.1) is 23.5 Å². The van der Waals surface area contributed by atoms with E-state index < -0.39 is 0 Å². The Hall–Kier alpha value is -3.18. The summed E-state index contributed by atoms with van der Waals surface area (Å²) in [5.74, 6) is 0. The lowest BCUT2D eigenvalue weighted by atomic mass is 9.97. The molecule has 8 nitrogen and oxygen atoms in total. The Balaban J connectivity index is 1.72. The lowest BCUT2D eigenvalue weighted by Crippen LogP contribution is -2.58. The van der Waals surface area contributed by atoms with Crippen LogP contribution < -0.4 is 10.5 Å². The normalized spacial score (nSPS) is 20.2. The standard InChI is InChI=1S/C25H33N7O/c1-6-20-15-32(21(7-2)14-31(20)18(4)19-9-8-17(3)27-13-19)22-12-24(33)29(5)23-16-30(11-10-26)28-25(22)23/h8-9,12-13,16,18,20-21H,6-7,11,14-15H2,1-5H3/t18-,20-,21+/m1/s1. The zero-order chi connectivity index (χ0) is 23.7. The molecule has 0 aromatic carbocycles. The van der Waals surface area contributed by atoms with Gasteiger partial charge in [0.15, 0.2) is 0 Å². The molecule has 1 aliphatic heterocycles. The van der Waals surface area contributed by atoms with Crippen LogP contribution in [0.2, 0.25) is 0 Å². The van der Waals surface area contributed by atoms with E-state index in [1.807, 2.05) is 13.1 Å². The van der Waals surface area contributed by atoms with E-state index in [0.717, 1.165) is 48.3 Å². The van der Waals surface area contributed by atoms with Crippen LogP contribution in [0, 0.1) is 18.3 Å². The molecule has 0 saturated carbocycles. The van der Waals surface area contributed by atoms with Crippen molar-refractivity contribution in [3.63, 3.8) is 0 Å². The molecule has 0 bridgehead atoms. The topological polar surface area (TPSA) is 83.0 Å². The highest BCUT2D eigenvalue weighted by Gasteiger charge is 2.36. The van der Waals surface area contributed by atoms with Crippen LogP contribution in [0.5, 0.6) is 0 Å². The highest BCUT2D eigenvalue weighted by Crippen LogP contribution is 2.34. The van der Waals surface area contributed by atoms with Crippen molar-refractivity contribution in [2.24, 2.45) is 7.05 Å². The van der Waals surface area contributed by atoms with Crippen LogP contribution in [0.15, 0.2) is 35.4 Å². The van der Waals surface area contributed by atoms with Crippen LogP contribution in [0.25, 0.3) is 11.0 Å². The van der Waals surface area contributed by atoms with Gasteiger partial charge in [0.1, 0.15) is 12.1 Å². The zero-order valence-corrected chi connectivity index (χ0v) is 20.2. The summed E-state index contributed by atoms with van der Waals surface area (Å²) in [6.45, 7) is 10.6. The Morgan fingerprint density at radius 1 is 1.21 bits per heavy atom. The fourth-order valence-electron chi connectivity index (χ4n) is 4.98. The molecular weight excluding hydrogens is 414 g/mol. The molecule has 8 heteroatoms. The van der Waals surface area contributed by atoms with E-state index in [4.69, 9.17) is 5.26 Å². The van der Waals surface area contributed by atoms with Crippen LogP contribution in [0.3, 0.4) is 0 Å². The quantitative estimate of drug-likeness (QED) is 0.576. The average Bonchev–Trinajstić information content (AvgIpc) is 3.25. The first kappa shape index (κ1) is 23.0. The van der Waals surface area contributed by atoms with Gasteiger partial charge in [-0.25, -0.2) is 0 Å². The first-order chi connectivity index (χ1) is 15.9. The maximum absolute atomic E-state index is 12.8. The molecule has 1 saturated heterocycles. The predicted molar refractivity (Wildman–Crippen MR) is 130 cm³/mol. The Morgan fingerprint density at radius 2 is 1.97 bits per heavy atom. The third-order valence-corrected chi connectivity index (χ3v) is 7.07. The van der Waals surface area contributed by atoms with Crippen molar-refractivity contribution < 1.29 is 0 Å². The molecule has 0 radical (unpaired) electrons. The summed E-state index contributed by atoms with van der Waals surface area (Å²) in [6, 6.07) is 8.96. The summed E-state index contributed by atoms with van der Waals surface area (Å²) >= 11 is 0. The van der Waals surface area contributed by atoms with Crippen LogP contribution in [0.1, 0.15) is 50.9 Å². The summed E-state index contributed by atoms with van der Waals surface area (Å²) in [7, 11) is 1.76. The maximum atomic E-state index is 12.8. The second-order valence-electron chi connectivity index (χ2n) is 9.03. The number of hydrogen-bond donors (Lipinski definition) is 0. The van der Waals surface area contributed by atoms with Crippen molar-refractivity contribution in [3.8, 4) is 6.07 Å². The van der Waals surface area contributed by atoms with Crippen molar-refractivity contribution in [2.45, 2.75) is 65.2 Å². The van der Waals surface area contributed by atoms with Gasteiger partial charge in [0.25, 0.3) is 5.56 Å². The fraction of sp³-hybridized carbons (Fsp3) is 0.520. The number of anilines is 1. The van der Waals surface area contributed by atoms with E-state index in [-0.39, 0.29) is 24.2 Å². The summed E-state index contributed by atoms with van der Waals surface area (Å²) in [5, 5.41) is 13.8. The summed E-state index contributed by atoms with van der Waals surface area (Å²) < 4.78 is 3.23. The number of aryl methyl sites for hydroxylation is 2. The molecule has 3 aromatic rings. The van der Waals surface area contributed by atoms with Crippen molar-refractivity contribution >= 4 is 16.7 Å². The van der Waals surface area contributed by atoms with Gasteiger partial charge in [-0.1, -0.05) is 19.9 Å². The molecule has 174 valence electrons. The van der Waals surface area contributed by atoms with Gasteiger partial charge in [-0.05, 0) is 38.3 Å². The average molecular weight is 448 g/mol. The molecule has 1 fully saturated rings. The molecule has 1 aliphatic rings. The number of hydrogen-bond acceptors (Lipinski definition) is 6. The second-order valence-corrected chi connectivity index (χ2v) is 9.03. The Kier molecular flexibility index (Phi) is 6.52. The second kappa shape index (κ2) is 9.36. The van der Waals surface area contributed by atoms with Gasteiger partial charge in [-0.15, -0.1) is 0 Å². The van der Waals surface area contributed by atoms with Crippen LogP contribution >= 0.6 is 0 Å². The summed E-state index contributed by atoms with van der Waals surface area (Å²) in [4.78, 5) is 22.3. The number of nitrogens with zero attached hydrogens (tertiary/aromatic N) is 7. The number of fused-ring (bicyclic) bond motifs is 1. The molecule has 3 atom stereocenters. The number of aromatic nitrogens is 4. The van der Waals surface area contributed by atoms with E-state index in [1.54, 1.807) is 28.6 Å². The number of pyridine rings is 2. The minimum atomic E-state index is -0.0570. The largest absolute Gasteiger partial charge is 0.364 e. The van der Waals surface area contributed by atoms with Crippen molar-refractivity contribution in [1.29, 1.82) is 5.26 Å². The molecule has 33 heavy (non-hydrogen) atoms. The number of nitriles is 1. The lowest BCUT2D eigenvalue weighted by Gasteiger charge is -2.49. The van der Waals surface area contributed by atoms with Crippen LogP contribution in [-0.2, 0) is 13.6 Å². The van der Waals surface area contributed by atoms with Gasteiger partial charge in [0.2, 0.25) is 0 Å². The molecule has 0 amide bonds. The van der Waals surface area contributed by atoms with E-state index in [0.29, 0.717) is 6.04 Å². The fourth-order valence-corrected chi connectivity index (χ4v) is 4.98. The van der Waals surface area contributed by atoms with E-state index >= 15 is 0 Å². The molecule has 0 unspecified atom stereocenters. The SMILES string of the molecule is CC[C@H]1CN([C@H](C)c2ccc(C)nc2)[C@H](CC)CN1c1cc(=O)n(C)c2cn(CC#N)nc12. The first-order valence-corrected chi connectivity index (χ1v) is 11.8. The predicted octanol–water partition coefficient (Wildman–Crippen LogP) is 3.40. The van der Waals surface area contributed by atoms with Crippen molar-refractivity contribution in [2.75, 3.05) is 18.0 Å². The highest BCUT2D eigenvalue weighted by molar-refractivity contribution is 5.88. The Morgan fingerprint density at radius 3 is 2.61 bits per heavy atom. The molecule has 0 spiro atoms. The monoisotopic (exact) mass is 447 g/mol. The van der Waals surface area contributed by atoms with Crippen molar-refractivity contribution in [1.82, 2.24) is 24.2 Å². The van der Waals surface area contributed by atoms with Crippen LogP contribution in [0.4, 0.5) is 5.69 Å². The smallest absolute Gasteiger partial charge is 0.252 e. The van der Waals surface area contributed by atoms with E-state index in [1.165, 1.54) is 5.56 Å². The molecule has 4 heterocycles. The summed E-state index contributed by atoms with van der Waals surface area (Å²) in [6.07, 6.45) is 5.76. The molecule has 0 aliphatic carbocycles. The van der Waals surface area contributed by atoms with Gasteiger partial charge in [-0.3, -0.25) is 19.4 Å². The minimum Gasteiger partial charge on any atom is -0.364 e. The van der Waals surface area contributed by atoms with Gasteiger partial charge in [-0.2, -0.15) is 10.4 Å². The maximum Gasteiger partial charge on any atom is 0.252 e. The van der Waals surface area contributed by atoms with Crippen molar-refractivity contribution in [3.05, 3.63) is 52.2 Å². The molecule has 0 N–H and O–H groups in total. The zero-order valence-electron chi connectivity index (χ0n) is 20.2. The first-order valence-electron chi connectivity index (χ1n) is 11.8. The summed E-state index contributed by atoms with van der Waals surface area (Å²) in [5.41, 5.74) is 4.62. The molecular formula is C25H33N7O. The molecule has 4 rings (SSSR count). The van der Waals surface area contributed by atoms with E-state index in [9.17, 15) is 4.79 Å². The number of piperazine rings is 1. The minimum absolute atomic E-state index is 0.0570. The van der Waals surface area contributed by atoms with Gasteiger partial charge in [0, 0.05) is 56.2 Å². The van der Waals surface area contributed by atoms with Gasteiger partial charge >= 0.3 is 0 Å². The number of rotatable bonds is 6. The highest BCUT2D eigenvalue weighted by atomic mass is 16.1. The third kappa shape index (κ3) is 4.25. The molecule has 3 aromatic heterocycles. The van der Waals surface area contributed by atoms with Gasteiger partial charge < -0.3 is 9.47 Å². The third-order valence-electron chi connectivity index (χ3n) is 7.07. The Labute approximate surface area is 195 Å².